The normalized spacial score (nSPS) is 13.2. The minimum Gasteiger partial charge on any atom is -0.251 e. The summed E-state index contributed by atoms with van der Waals surface area (Å²) >= 11 is 6.05. The summed E-state index contributed by atoms with van der Waals surface area (Å²) in [5.41, 5.74) is 0.964. The summed E-state index contributed by atoms with van der Waals surface area (Å²) in [6, 6.07) is 16.1. The van der Waals surface area contributed by atoms with Crippen molar-refractivity contribution in [3.8, 4) is 6.07 Å². The van der Waals surface area contributed by atoms with E-state index in [0.717, 1.165) is 11.1 Å². The Labute approximate surface area is 150 Å². The molecule has 0 aliphatic rings. The van der Waals surface area contributed by atoms with Gasteiger partial charge >= 0.3 is 0 Å². The molecular weight excluding hydrogens is 339 g/mol. The molecule has 0 amide bonds. The molecule has 0 radical (unpaired) electrons. The second-order valence-electron chi connectivity index (χ2n) is 5.92. The molecule has 4 nitrogen and oxygen atoms in total. The van der Waals surface area contributed by atoms with Crippen molar-refractivity contribution >= 4 is 11.6 Å². The van der Waals surface area contributed by atoms with Crippen molar-refractivity contribution in [1.82, 2.24) is 14.8 Å². The molecular formula is C19H16ClFN4. The molecule has 0 bridgehead atoms. The monoisotopic (exact) mass is 354 g/mol. The predicted molar refractivity (Wildman–Crippen MR) is 93.5 cm³/mol. The number of hydrogen-bond acceptors (Lipinski definition) is 3. The van der Waals surface area contributed by atoms with Crippen molar-refractivity contribution in [2.24, 2.45) is 0 Å². The molecule has 0 aliphatic carbocycles. The number of benzene rings is 2. The zero-order valence-corrected chi connectivity index (χ0v) is 14.2. The van der Waals surface area contributed by atoms with Crippen LogP contribution < -0.4 is 0 Å². The summed E-state index contributed by atoms with van der Waals surface area (Å²) < 4.78 is 15.0. The Morgan fingerprint density at radius 1 is 1.20 bits per heavy atom. The second-order valence-corrected chi connectivity index (χ2v) is 6.36. The van der Waals surface area contributed by atoms with Gasteiger partial charge in [0.25, 0.3) is 0 Å². The molecule has 1 aromatic heterocycles. The number of aryl methyl sites for hydroxylation is 1. The van der Waals surface area contributed by atoms with Gasteiger partial charge in [0.15, 0.2) is 0 Å². The second kappa shape index (κ2) is 7.45. The summed E-state index contributed by atoms with van der Waals surface area (Å²) in [6.45, 7) is 0.343. The Balaban J connectivity index is 1.92. The van der Waals surface area contributed by atoms with Gasteiger partial charge < -0.3 is 0 Å². The highest BCUT2D eigenvalue weighted by Crippen LogP contribution is 2.31. The molecule has 0 spiro atoms. The van der Waals surface area contributed by atoms with Crippen molar-refractivity contribution in [2.75, 3.05) is 0 Å². The van der Waals surface area contributed by atoms with Crippen molar-refractivity contribution in [2.45, 2.75) is 24.8 Å². The third-order valence-corrected chi connectivity index (χ3v) is 4.47. The van der Waals surface area contributed by atoms with Gasteiger partial charge in [-0.1, -0.05) is 35.9 Å². The van der Waals surface area contributed by atoms with Gasteiger partial charge in [-0.3, -0.25) is 4.68 Å². The number of aromatic nitrogens is 3. The smallest absolute Gasteiger partial charge is 0.137 e. The van der Waals surface area contributed by atoms with Gasteiger partial charge in [0.2, 0.25) is 0 Å². The van der Waals surface area contributed by atoms with E-state index in [1.165, 1.54) is 18.5 Å². The first kappa shape index (κ1) is 17.1. The predicted octanol–water partition coefficient (Wildman–Crippen LogP) is 4.16. The topological polar surface area (TPSA) is 54.5 Å². The van der Waals surface area contributed by atoms with Crippen LogP contribution in [0.1, 0.15) is 17.5 Å². The first-order chi connectivity index (χ1) is 12.1. The number of nitriles is 1. The van der Waals surface area contributed by atoms with Crippen molar-refractivity contribution in [1.29, 1.82) is 5.26 Å². The molecule has 3 aromatic rings. The van der Waals surface area contributed by atoms with Crippen LogP contribution in [0.3, 0.4) is 0 Å². The largest absolute Gasteiger partial charge is 0.251 e. The molecule has 1 atom stereocenters. The quantitative estimate of drug-likeness (QED) is 0.667. The fraction of sp³-hybridized carbons (Fsp3) is 0.211. The van der Waals surface area contributed by atoms with Crippen LogP contribution >= 0.6 is 11.6 Å². The Bertz CT molecular complexity index is 871. The molecule has 25 heavy (non-hydrogen) atoms. The SMILES string of the molecule is N#CC(CCc1cccc(Cl)c1)(Cn1cncn1)c1ccc(F)cc1. The van der Waals surface area contributed by atoms with E-state index >= 15 is 0 Å². The van der Waals surface area contributed by atoms with E-state index in [4.69, 9.17) is 11.6 Å². The lowest BCUT2D eigenvalue weighted by molar-refractivity contribution is 0.401. The lowest BCUT2D eigenvalue weighted by Crippen LogP contribution is -2.31. The van der Waals surface area contributed by atoms with Crippen molar-refractivity contribution < 1.29 is 4.39 Å². The fourth-order valence-electron chi connectivity index (χ4n) is 2.88. The van der Waals surface area contributed by atoms with Gasteiger partial charge in [-0.2, -0.15) is 10.4 Å². The summed E-state index contributed by atoms with van der Waals surface area (Å²) in [5, 5.41) is 14.8. The van der Waals surface area contributed by atoms with Gasteiger partial charge in [0, 0.05) is 5.02 Å². The highest BCUT2D eigenvalue weighted by molar-refractivity contribution is 6.30. The Morgan fingerprint density at radius 2 is 2.00 bits per heavy atom. The summed E-state index contributed by atoms with van der Waals surface area (Å²) in [7, 11) is 0. The molecule has 0 saturated carbocycles. The summed E-state index contributed by atoms with van der Waals surface area (Å²) in [6.07, 6.45) is 4.23. The maximum absolute atomic E-state index is 13.3. The zero-order chi connectivity index (χ0) is 17.7. The third kappa shape index (κ3) is 4.04. The standard InChI is InChI=1S/C19H16ClFN4/c20-17-3-1-2-15(10-17)8-9-19(11-22,12-25-14-23-13-24-25)16-4-6-18(21)7-5-16/h1-7,10,13-14H,8-9,12H2. The highest BCUT2D eigenvalue weighted by Gasteiger charge is 2.33. The summed E-state index contributed by atoms with van der Waals surface area (Å²) in [5.74, 6) is -0.328. The lowest BCUT2D eigenvalue weighted by Gasteiger charge is -2.27. The maximum Gasteiger partial charge on any atom is 0.137 e. The maximum atomic E-state index is 13.3. The molecule has 0 saturated heterocycles. The Hall–Kier alpha value is -2.71. The molecule has 3 rings (SSSR count). The van der Waals surface area contributed by atoms with Gasteiger partial charge in [0.05, 0.1) is 12.6 Å². The first-order valence-corrected chi connectivity index (χ1v) is 8.23. The molecule has 0 N–H and O–H groups in total. The average Bonchev–Trinajstić information content (AvgIpc) is 3.12. The Kier molecular flexibility index (Phi) is 5.11. The van der Waals surface area contributed by atoms with Gasteiger partial charge in [-0.05, 0) is 48.2 Å². The molecule has 0 fully saturated rings. The molecule has 2 aromatic carbocycles. The van der Waals surface area contributed by atoms with E-state index in [-0.39, 0.29) is 5.82 Å². The van der Waals surface area contributed by atoms with Crippen LogP contribution in [-0.2, 0) is 18.4 Å². The van der Waals surface area contributed by atoms with Gasteiger partial charge in [0.1, 0.15) is 23.9 Å². The molecule has 126 valence electrons. The van der Waals surface area contributed by atoms with E-state index in [9.17, 15) is 9.65 Å². The first-order valence-electron chi connectivity index (χ1n) is 7.85. The van der Waals surface area contributed by atoms with Crippen LogP contribution in [0.15, 0.2) is 61.2 Å². The summed E-state index contributed by atoms with van der Waals surface area (Å²) in [4.78, 5) is 3.94. The Morgan fingerprint density at radius 3 is 2.64 bits per heavy atom. The van der Waals surface area contributed by atoms with Crippen LogP contribution in [-0.4, -0.2) is 14.8 Å². The van der Waals surface area contributed by atoms with E-state index in [0.29, 0.717) is 24.4 Å². The minimum atomic E-state index is -0.844. The lowest BCUT2D eigenvalue weighted by atomic mass is 9.77. The number of halogens is 2. The molecule has 1 unspecified atom stereocenters. The third-order valence-electron chi connectivity index (χ3n) is 4.24. The van der Waals surface area contributed by atoms with Crippen LogP contribution in [0.2, 0.25) is 5.02 Å². The van der Waals surface area contributed by atoms with Crippen LogP contribution in [0.4, 0.5) is 4.39 Å². The van der Waals surface area contributed by atoms with Crippen LogP contribution in [0.5, 0.6) is 0 Å². The number of hydrogen-bond donors (Lipinski definition) is 0. The van der Waals surface area contributed by atoms with E-state index in [1.807, 2.05) is 24.3 Å². The molecule has 0 aliphatic heterocycles. The molecule has 6 heteroatoms. The van der Waals surface area contributed by atoms with Crippen molar-refractivity contribution in [3.05, 3.63) is 83.2 Å². The van der Waals surface area contributed by atoms with Crippen molar-refractivity contribution in [3.63, 3.8) is 0 Å². The molecule has 1 heterocycles. The zero-order valence-electron chi connectivity index (χ0n) is 13.4. The van der Waals surface area contributed by atoms with Gasteiger partial charge in [-0.25, -0.2) is 9.37 Å². The van der Waals surface area contributed by atoms with Crippen LogP contribution in [0.25, 0.3) is 0 Å². The van der Waals surface area contributed by atoms with E-state index in [1.54, 1.807) is 23.1 Å². The minimum absolute atomic E-state index is 0.328. The van der Waals surface area contributed by atoms with Gasteiger partial charge in [-0.15, -0.1) is 0 Å². The van der Waals surface area contributed by atoms with E-state index < -0.39 is 5.41 Å². The highest BCUT2D eigenvalue weighted by atomic mass is 35.5. The fourth-order valence-corrected chi connectivity index (χ4v) is 3.09. The average molecular weight is 355 g/mol. The number of nitrogens with zero attached hydrogens (tertiary/aromatic N) is 4. The number of rotatable bonds is 6. The van der Waals surface area contributed by atoms with Crippen LogP contribution in [0, 0.1) is 17.1 Å². The van der Waals surface area contributed by atoms with E-state index in [2.05, 4.69) is 16.2 Å².